The predicted octanol–water partition coefficient (Wildman–Crippen LogP) is 3.38. The highest BCUT2D eigenvalue weighted by molar-refractivity contribution is 7.99. The maximum Gasteiger partial charge on any atom is 0.269 e. The highest BCUT2D eigenvalue weighted by Crippen LogP contribution is 2.30. The molecule has 5 rings (SSSR count). The summed E-state index contributed by atoms with van der Waals surface area (Å²) in [6.45, 7) is 1.05. The van der Waals surface area contributed by atoms with Gasteiger partial charge in [-0.1, -0.05) is 18.2 Å². The third-order valence-corrected chi connectivity index (χ3v) is 9.69. The molecule has 1 atom stereocenters. The Bertz CT molecular complexity index is 1710. The van der Waals surface area contributed by atoms with Crippen LogP contribution < -0.4 is 15.4 Å². The van der Waals surface area contributed by atoms with E-state index in [1.165, 1.54) is 60.0 Å². The highest BCUT2D eigenvalue weighted by Gasteiger charge is 2.23. The molecule has 0 amide bonds. The number of aryl methyl sites for hydroxylation is 1. The quantitative estimate of drug-likeness (QED) is 0.340. The average Bonchev–Trinajstić information content (AvgIpc) is 3.34. The fourth-order valence-electron chi connectivity index (χ4n) is 4.56. The normalized spacial score (nSPS) is 15.1. The number of pyridine rings is 1. The molecular weight excluding hydrogens is 525 g/mol. The fourth-order valence-corrected chi connectivity index (χ4v) is 6.96. The van der Waals surface area contributed by atoms with Crippen LogP contribution >= 0.6 is 0 Å². The van der Waals surface area contributed by atoms with Gasteiger partial charge in [-0.25, -0.2) is 21.0 Å². The van der Waals surface area contributed by atoms with Gasteiger partial charge in [0.05, 0.1) is 15.4 Å². The first-order valence-corrected chi connectivity index (χ1v) is 15.1. The lowest BCUT2D eigenvalue weighted by atomic mass is 10.0. The van der Waals surface area contributed by atoms with Gasteiger partial charge < -0.3 is 4.90 Å². The minimum atomic E-state index is -4.06. The van der Waals surface area contributed by atoms with E-state index in [0.29, 0.717) is 10.5 Å². The largest absolute Gasteiger partial charge is 0.374 e. The molecule has 1 aliphatic rings. The van der Waals surface area contributed by atoms with Gasteiger partial charge in [-0.2, -0.15) is 0 Å². The molecule has 3 N–H and O–H groups in total. The van der Waals surface area contributed by atoms with Crippen LogP contribution in [0.15, 0.2) is 89.0 Å². The standard InChI is InChI=1S/C27H28FN5O3S2/c1-32-13-5-6-21-10-11-22(15-26(21)32)37(29,34)19-31-16-20-14-27(24-8-2-3-9-25(24)28)33(18-20)38(35,36)23-7-4-12-30-17-23/h2-4,7-12,14-15,17-19,31H,5-6,13,16H2,1H3,(H2,29,34). The van der Waals surface area contributed by atoms with Crippen molar-refractivity contribution >= 4 is 30.9 Å². The summed E-state index contributed by atoms with van der Waals surface area (Å²) in [7, 11) is -5.09. The summed E-state index contributed by atoms with van der Waals surface area (Å²) in [4.78, 5) is 6.51. The zero-order chi connectivity index (χ0) is 26.9. The lowest BCUT2D eigenvalue weighted by Gasteiger charge is -2.28. The molecular formula is C27H28FN5O3S2. The molecule has 4 aromatic rings. The lowest BCUT2D eigenvalue weighted by Crippen LogP contribution is -2.27. The van der Waals surface area contributed by atoms with Crippen LogP contribution in [0.3, 0.4) is 0 Å². The Labute approximate surface area is 222 Å². The van der Waals surface area contributed by atoms with Crippen LogP contribution in [-0.2, 0) is 32.7 Å². The van der Waals surface area contributed by atoms with Crippen LogP contribution in [0.25, 0.3) is 11.3 Å². The Morgan fingerprint density at radius 2 is 1.89 bits per heavy atom. The first-order valence-electron chi connectivity index (χ1n) is 12.0. The van der Waals surface area contributed by atoms with Gasteiger partial charge in [0.2, 0.25) is 0 Å². The molecule has 3 heterocycles. The van der Waals surface area contributed by atoms with E-state index in [0.717, 1.165) is 29.0 Å². The molecule has 0 saturated carbocycles. The van der Waals surface area contributed by atoms with Crippen molar-refractivity contribution in [1.82, 2.24) is 14.3 Å². The number of nitrogens with zero attached hydrogens (tertiary/aromatic N) is 3. The number of hydrogen-bond acceptors (Lipinski definition) is 5. The van der Waals surface area contributed by atoms with E-state index in [1.54, 1.807) is 18.2 Å². The van der Waals surface area contributed by atoms with Crippen LogP contribution in [-0.4, -0.2) is 40.7 Å². The Morgan fingerprint density at radius 3 is 2.66 bits per heavy atom. The third-order valence-electron chi connectivity index (χ3n) is 6.52. The van der Waals surface area contributed by atoms with E-state index in [1.807, 2.05) is 19.2 Å². The van der Waals surface area contributed by atoms with Crippen molar-refractivity contribution in [2.75, 3.05) is 18.5 Å². The number of nitrogens with two attached hydrogens (primary N) is 1. The van der Waals surface area contributed by atoms with Gasteiger partial charge in [-0.05, 0) is 66.4 Å². The van der Waals surface area contributed by atoms with Crippen molar-refractivity contribution in [3.63, 3.8) is 0 Å². The first kappa shape index (κ1) is 26.1. The third kappa shape index (κ3) is 5.10. The van der Waals surface area contributed by atoms with Crippen LogP contribution in [0.1, 0.15) is 17.5 Å². The van der Waals surface area contributed by atoms with E-state index in [4.69, 9.17) is 5.14 Å². The van der Waals surface area contributed by atoms with Crippen LogP contribution in [0.4, 0.5) is 10.1 Å². The summed E-state index contributed by atoms with van der Waals surface area (Å²) in [6, 6.07) is 16.1. The van der Waals surface area contributed by atoms with Crippen molar-refractivity contribution < 1.29 is 17.0 Å². The summed E-state index contributed by atoms with van der Waals surface area (Å²) < 4.78 is 55.9. The molecule has 1 aliphatic heterocycles. The molecule has 8 nitrogen and oxygen atoms in total. The molecule has 0 spiro atoms. The summed E-state index contributed by atoms with van der Waals surface area (Å²) in [5.74, 6) is -0.554. The zero-order valence-electron chi connectivity index (χ0n) is 20.7. The van der Waals surface area contributed by atoms with E-state index < -0.39 is 25.5 Å². The van der Waals surface area contributed by atoms with Crippen molar-refractivity contribution in [1.29, 1.82) is 0 Å². The van der Waals surface area contributed by atoms with E-state index >= 15 is 0 Å². The molecule has 2 aromatic heterocycles. The number of halogens is 1. The minimum Gasteiger partial charge on any atom is -0.374 e. The SMILES string of the molecule is CN1CCCc2ccc(S(N)(=O)=CNCc3cc(-c4ccccc4F)n(S(=O)(=O)c4cccnc4)c3)cc21. The molecule has 0 fully saturated rings. The molecule has 0 aliphatic carbocycles. The Hall–Kier alpha value is -3.51. The molecule has 1 unspecified atom stereocenters. The second-order valence-electron chi connectivity index (χ2n) is 9.16. The molecule has 0 saturated heterocycles. The highest BCUT2D eigenvalue weighted by atomic mass is 32.2. The number of hydrogen-bond donors (Lipinski definition) is 2. The maximum atomic E-state index is 14.7. The number of rotatable bonds is 7. The first-order chi connectivity index (χ1) is 18.2. The number of fused-ring (bicyclic) bond motifs is 1. The second-order valence-corrected chi connectivity index (χ2v) is 13.0. The number of nitrogens with one attached hydrogen (secondary N) is 1. The molecule has 11 heteroatoms. The van der Waals surface area contributed by atoms with Crippen molar-refractivity contribution in [2.45, 2.75) is 29.2 Å². The second kappa shape index (κ2) is 10.3. The minimum absolute atomic E-state index is 0.0263. The number of anilines is 1. The maximum absolute atomic E-state index is 14.7. The number of aromatic nitrogens is 2. The topological polar surface area (TPSA) is 110 Å². The summed E-state index contributed by atoms with van der Waals surface area (Å²) in [5.41, 5.74) is 4.39. The van der Waals surface area contributed by atoms with Crippen LogP contribution in [0, 0.1) is 5.82 Å². The zero-order valence-corrected chi connectivity index (χ0v) is 22.4. The molecule has 198 valence electrons. The van der Waals surface area contributed by atoms with Gasteiger partial charge in [0.15, 0.2) is 0 Å². The van der Waals surface area contributed by atoms with Gasteiger partial charge in [-0.15, -0.1) is 0 Å². The summed E-state index contributed by atoms with van der Waals surface area (Å²) in [5, 5.41) is 9.18. The van der Waals surface area contributed by atoms with Crippen molar-refractivity contribution in [3.8, 4) is 11.3 Å². The van der Waals surface area contributed by atoms with Gasteiger partial charge in [0, 0.05) is 60.4 Å². The van der Waals surface area contributed by atoms with E-state index in [2.05, 4.69) is 15.2 Å². The molecule has 0 bridgehead atoms. The van der Waals surface area contributed by atoms with Crippen molar-refractivity contribution in [3.05, 3.63) is 96.2 Å². The molecule has 2 aromatic carbocycles. The van der Waals surface area contributed by atoms with Crippen LogP contribution in [0.5, 0.6) is 0 Å². The summed E-state index contributed by atoms with van der Waals surface area (Å²) >= 11 is 0. The monoisotopic (exact) mass is 553 g/mol. The predicted molar refractivity (Wildman–Crippen MR) is 148 cm³/mol. The Balaban J connectivity index is 1.47. The fraction of sp³-hybridized carbons (Fsp3) is 0.185. The summed E-state index contributed by atoms with van der Waals surface area (Å²) in [6.07, 6.45) is 6.17. The van der Waals surface area contributed by atoms with Gasteiger partial charge >= 0.3 is 0 Å². The van der Waals surface area contributed by atoms with Gasteiger partial charge in [0.1, 0.15) is 10.7 Å². The molecule has 0 radical (unpaired) electrons. The number of benzene rings is 2. The van der Waals surface area contributed by atoms with Crippen molar-refractivity contribution in [2.24, 2.45) is 5.14 Å². The lowest BCUT2D eigenvalue weighted by molar-refractivity contribution is 0.587. The average molecular weight is 554 g/mol. The van der Waals surface area contributed by atoms with E-state index in [-0.39, 0.29) is 22.7 Å². The Morgan fingerprint density at radius 1 is 1.08 bits per heavy atom. The van der Waals surface area contributed by atoms with Gasteiger partial charge in [-0.3, -0.25) is 15.4 Å². The van der Waals surface area contributed by atoms with Gasteiger partial charge in [0.25, 0.3) is 10.0 Å². The van der Waals surface area contributed by atoms with E-state index in [9.17, 15) is 17.0 Å². The molecule has 38 heavy (non-hydrogen) atoms. The smallest absolute Gasteiger partial charge is 0.269 e. The Kier molecular flexibility index (Phi) is 7.10. The van der Waals surface area contributed by atoms with Crippen LogP contribution in [0.2, 0.25) is 0 Å².